The van der Waals surface area contributed by atoms with E-state index in [2.05, 4.69) is 5.32 Å². The Balaban J connectivity index is 2.00. The fourth-order valence-electron chi connectivity index (χ4n) is 3.40. The Bertz CT molecular complexity index is 637. The lowest BCUT2D eigenvalue weighted by molar-refractivity contribution is -0.384. The fourth-order valence-corrected chi connectivity index (χ4v) is 3.40. The number of carbonyl (C=O) groups is 2. The Morgan fingerprint density at radius 3 is 2.54 bits per heavy atom. The van der Waals surface area contributed by atoms with Gasteiger partial charge in [-0.2, -0.15) is 0 Å². The molecule has 0 aromatic heterocycles. The van der Waals surface area contributed by atoms with Gasteiger partial charge < -0.3 is 15.2 Å². The normalized spacial score (nSPS) is 15.6. The van der Waals surface area contributed by atoms with Crippen LogP contribution in [-0.2, 0) is 4.74 Å². The molecule has 0 saturated heterocycles. The highest BCUT2D eigenvalue weighted by atomic mass is 16.6. The number of carbonyl (C=O) groups excluding carboxylic acids is 1. The molecule has 1 amide bonds. The van der Waals surface area contributed by atoms with Crippen molar-refractivity contribution in [2.24, 2.45) is 5.92 Å². The lowest BCUT2D eigenvalue weighted by atomic mass is 9.98. The molecule has 1 aliphatic rings. The van der Waals surface area contributed by atoms with Crippen molar-refractivity contribution in [1.29, 1.82) is 0 Å². The van der Waals surface area contributed by atoms with Crippen LogP contribution in [0.1, 0.15) is 59.7 Å². The highest BCUT2D eigenvalue weighted by Gasteiger charge is 2.25. The second-order valence-electron chi connectivity index (χ2n) is 6.41. The van der Waals surface area contributed by atoms with Gasteiger partial charge >= 0.3 is 5.97 Å². The van der Waals surface area contributed by atoms with Crippen LogP contribution in [-0.4, -0.2) is 41.2 Å². The molecule has 1 atom stereocenters. The molecule has 1 aromatic carbocycles. The summed E-state index contributed by atoms with van der Waals surface area (Å²) in [7, 11) is 0. The molecular weight excluding hydrogens is 340 g/mol. The minimum atomic E-state index is -1.32. The van der Waals surface area contributed by atoms with Crippen LogP contribution in [0, 0.1) is 16.0 Å². The lowest BCUT2D eigenvalue weighted by Gasteiger charge is -2.23. The third-order valence-corrected chi connectivity index (χ3v) is 4.66. The SMILES string of the molecule is CCOC(CCNC(=O)c1cc(C(=O)O)cc([N+](=O)[O-])c1)C1CCCC1. The number of hydrogen-bond acceptors (Lipinski definition) is 5. The van der Waals surface area contributed by atoms with E-state index in [-0.39, 0.29) is 17.2 Å². The number of nitro benzene ring substituents is 1. The first kappa shape index (κ1) is 19.8. The van der Waals surface area contributed by atoms with Gasteiger partial charge in [0, 0.05) is 30.8 Å². The van der Waals surface area contributed by atoms with Crippen LogP contribution in [0.15, 0.2) is 18.2 Å². The quantitative estimate of drug-likeness (QED) is 0.513. The lowest BCUT2D eigenvalue weighted by Crippen LogP contribution is -2.31. The Kier molecular flexibility index (Phi) is 7.08. The zero-order valence-corrected chi connectivity index (χ0v) is 14.8. The molecule has 8 nitrogen and oxygen atoms in total. The van der Waals surface area contributed by atoms with Crippen LogP contribution in [0.4, 0.5) is 5.69 Å². The summed E-state index contributed by atoms with van der Waals surface area (Å²) < 4.78 is 5.80. The minimum absolute atomic E-state index is 0.0366. The van der Waals surface area contributed by atoms with E-state index in [9.17, 15) is 19.7 Å². The molecule has 26 heavy (non-hydrogen) atoms. The highest BCUT2D eigenvalue weighted by molar-refractivity contribution is 5.98. The summed E-state index contributed by atoms with van der Waals surface area (Å²) in [6.07, 6.45) is 5.41. The molecule has 1 saturated carbocycles. The molecule has 0 spiro atoms. The zero-order chi connectivity index (χ0) is 19.1. The number of amides is 1. The first-order valence-electron chi connectivity index (χ1n) is 8.85. The molecule has 1 fully saturated rings. The molecule has 2 rings (SSSR count). The number of nitro groups is 1. The molecule has 2 N–H and O–H groups in total. The first-order chi connectivity index (χ1) is 12.4. The number of carboxylic acid groups (broad SMARTS) is 1. The van der Waals surface area contributed by atoms with Crippen molar-refractivity contribution in [3.63, 3.8) is 0 Å². The molecule has 0 aliphatic heterocycles. The zero-order valence-electron chi connectivity index (χ0n) is 14.8. The van der Waals surface area contributed by atoms with Crippen LogP contribution < -0.4 is 5.32 Å². The van der Waals surface area contributed by atoms with Crippen molar-refractivity contribution < 1.29 is 24.4 Å². The molecular formula is C18H24N2O6. The summed E-state index contributed by atoms with van der Waals surface area (Å²) in [5.74, 6) is -1.35. The van der Waals surface area contributed by atoms with Crippen LogP contribution in [0.25, 0.3) is 0 Å². The molecule has 1 aliphatic carbocycles. The molecule has 0 heterocycles. The molecule has 0 bridgehead atoms. The average molecular weight is 364 g/mol. The molecule has 1 aromatic rings. The van der Waals surface area contributed by atoms with Gasteiger partial charge in [0.15, 0.2) is 0 Å². The van der Waals surface area contributed by atoms with E-state index in [1.807, 2.05) is 6.92 Å². The second kappa shape index (κ2) is 9.28. The van der Waals surface area contributed by atoms with Gasteiger partial charge in [0.2, 0.25) is 0 Å². The van der Waals surface area contributed by atoms with Gasteiger partial charge in [0.1, 0.15) is 0 Å². The average Bonchev–Trinajstić information content (AvgIpc) is 3.14. The Labute approximate surface area is 151 Å². The van der Waals surface area contributed by atoms with Crippen LogP contribution in [0.5, 0.6) is 0 Å². The summed E-state index contributed by atoms with van der Waals surface area (Å²) in [5, 5.41) is 22.7. The Morgan fingerprint density at radius 2 is 1.96 bits per heavy atom. The number of hydrogen-bond donors (Lipinski definition) is 2. The highest BCUT2D eigenvalue weighted by Crippen LogP contribution is 2.30. The molecule has 8 heteroatoms. The van der Waals surface area contributed by atoms with Crippen molar-refractivity contribution in [2.45, 2.75) is 45.1 Å². The van der Waals surface area contributed by atoms with Gasteiger partial charge in [-0.25, -0.2) is 4.79 Å². The number of aromatic carboxylic acids is 1. The van der Waals surface area contributed by atoms with Gasteiger partial charge in [-0.3, -0.25) is 14.9 Å². The van der Waals surface area contributed by atoms with E-state index in [0.29, 0.717) is 25.5 Å². The largest absolute Gasteiger partial charge is 0.478 e. The van der Waals surface area contributed by atoms with Crippen LogP contribution in [0.2, 0.25) is 0 Å². The summed E-state index contributed by atoms with van der Waals surface area (Å²) in [5.41, 5.74) is -0.749. The predicted molar refractivity (Wildman–Crippen MR) is 94.4 cm³/mol. The second-order valence-corrected chi connectivity index (χ2v) is 6.41. The summed E-state index contributed by atoms with van der Waals surface area (Å²) in [4.78, 5) is 33.6. The van der Waals surface area contributed by atoms with E-state index >= 15 is 0 Å². The number of ether oxygens (including phenoxy) is 1. The Morgan fingerprint density at radius 1 is 1.31 bits per heavy atom. The van der Waals surface area contributed by atoms with Gasteiger partial charge in [-0.05, 0) is 38.2 Å². The standard InChI is InChI=1S/C18H24N2O6/c1-2-26-16(12-5-3-4-6-12)7-8-19-17(21)13-9-14(18(22)23)11-15(10-13)20(24)25/h9-12,16H,2-8H2,1H3,(H,19,21)(H,22,23). The number of non-ortho nitro benzene ring substituents is 1. The van der Waals surface area contributed by atoms with E-state index < -0.39 is 22.5 Å². The van der Waals surface area contributed by atoms with E-state index in [1.54, 1.807) is 0 Å². The van der Waals surface area contributed by atoms with Crippen molar-refractivity contribution in [2.75, 3.05) is 13.2 Å². The van der Waals surface area contributed by atoms with E-state index in [4.69, 9.17) is 9.84 Å². The number of benzene rings is 1. The number of rotatable bonds is 9. The third-order valence-electron chi connectivity index (χ3n) is 4.66. The first-order valence-corrected chi connectivity index (χ1v) is 8.85. The van der Waals surface area contributed by atoms with Gasteiger partial charge in [0.25, 0.3) is 11.6 Å². The predicted octanol–water partition coefficient (Wildman–Crippen LogP) is 3.01. The van der Waals surface area contributed by atoms with Gasteiger partial charge in [0.05, 0.1) is 16.6 Å². The number of carboxylic acids is 1. The Hall–Kier alpha value is -2.48. The maximum absolute atomic E-state index is 12.3. The number of nitrogens with zero attached hydrogens (tertiary/aromatic N) is 1. The van der Waals surface area contributed by atoms with Crippen LogP contribution in [0.3, 0.4) is 0 Å². The van der Waals surface area contributed by atoms with E-state index in [0.717, 1.165) is 31.0 Å². The molecule has 142 valence electrons. The summed E-state index contributed by atoms with van der Waals surface area (Å²) >= 11 is 0. The smallest absolute Gasteiger partial charge is 0.335 e. The van der Waals surface area contributed by atoms with Crippen molar-refractivity contribution in [3.05, 3.63) is 39.4 Å². The fraction of sp³-hybridized carbons (Fsp3) is 0.556. The monoisotopic (exact) mass is 364 g/mol. The maximum Gasteiger partial charge on any atom is 0.335 e. The van der Waals surface area contributed by atoms with E-state index in [1.165, 1.54) is 12.8 Å². The van der Waals surface area contributed by atoms with Gasteiger partial charge in [-0.1, -0.05) is 12.8 Å². The molecule has 0 radical (unpaired) electrons. The summed E-state index contributed by atoms with van der Waals surface area (Å²) in [6, 6.07) is 3.16. The topological polar surface area (TPSA) is 119 Å². The van der Waals surface area contributed by atoms with Gasteiger partial charge in [-0.15, -0.1) is 0 Å². The van der Waals surface area contributed by atoms with Crippen molar-refractivity contribution in [1.82, 2.24) is 5.32 Å². The maximum atomic E-state index is 12.3. The van der Waals surface area contributed by atoms with Crippen LogP contribution >= 0.6 is 0 Å². The van der Waals surface area contributed by atoms with Crippen molar-refractivity contribution >= 4 is 17.6 Å². The number of nitrogens with one attached hydrogen (secondary N) is 1. The molecule has 1 unspecified atom stereocenters. The minimum Gasteiger partial charge on any atom is -0.478 e. The third kappa shape index (κ3) is 5.26. The van der Waals surface area contributed by atoms with Crippen molar-refractivity contribution in [3.8, 4) is 0 Å². The summed E-state index contributed by atoms with van der Waals surface area (Å²) in [6.45, 7) is 2.92.